The van der Waals surface area contributed by atoms with E-state index in [2.05, 4.69) is 20.9 Å². The van der Waals surface area contributed by atoms with Gasteiger partial charge in [-0.3, -0.25) is 10.1 Å². The van der Waals surface area contributed by atoms with Crippen LogP contribution in [-0.2, 0) is 0 Å². The Morgan fingerprint density at radius 1 is 1.33 bits per heavy atom. The zero-order valence-electron chi connectivity index (χ0n) is 8.84. The van der Waals surface area contributed by atoms with Crippen molar-refractivity contribution in [2.45, 2.75) is 9.92 Å². The van der Waals surface area contributed by atoms with Crippen LogP contribution >= 0.6 is 39.3 Å². The summed E-state index contributed by atoms with van der Waals surface area (Å²) in [5.41, 5.74) is -0.0625. The summed E-state index contributed by atoms with van der Waals surface area (Å²) in [7, 11) is 0. The van der Waals surface area contributed by atoms with Crippen molar-refractivity contribution in [3.63, 3.8) is 0 Å². The van der Waals surface area contributed by atoms with E-state index in [0.29, 0.717) is 5.03 Å². The number of benzene rings is 1. The molecular weight excluding hydrogens is 340 g/mol. The average Bonchev–Trinajstić information content (AvgIpc) is 2.28. The van der Waals surface area contributed by atoms with Crippen molar-refractivity contribution in [1.29, 1.82) is 0 Å². The van der Waals surface area contributed by atoms with E-state index < -0.39 is 4.92 Å². The summed E-state index contributed by atoms with van der Waals surface area (Å²) < 4.78 is 0.934. The Morgan fingerprint density at radius 3 is 2.78 bits per heavy atom. The Hall–Kier alpha value is -1.11. The highest BCUT2D eigenvalue weighted by molar-refractivity contribution is 9.10. The molecule has 0 spiro atoms. The van der Waals surface area contributed by atoms with E-state index in [1.165, 1.54) is 23.9 Å². The molecule has 0 aliphatic heterocycles. The number of pyridine rings is 1. The summed E-state index contributed by atoms with van der Waals surface area (Å²) in [4.78, 5) is 15.2. The summed E-state index contributed by atoms with van der Waals surface area (Å²) in [5, 5.41) is 11.3. The molecule has 0 aliphatic carbocycles. The summed E-state index contributed by atoms with van der Waals surface area (Å²) in [6.07, 6.45) is 0. The topological polar surface area (TPSA) is 56.0 Å². The van der Waals surface area contributed by atoms with E-state index in [-0.39, 0.29) is 10.8 Å². The monoisotopic (exact) mass is 344 g/mol. The third-order valence-corrected chi connectivity index (χ3v) is 3.58. The fourth-order valence-electron chi connectivity index (χ4n) is 1.27. The maximum Gasteiger partial charge on any atom is 0.275 e. The van der Waals surface area contributed by atoms with Gasteiger partial charge in [-0.25, -0.2) is 4.98 Å². The first-order chi connectivity index (χ1) is 8.54. The largest absolute Gasteiger partial charge is 0.275 e. The van der Waals surface area contributed by atoms with E-state index >= 15 is 0 Å². The van der Waals surface area contributed by atoms with Gasteiger partial charge in [0, 0.05) is 15.4 Å². The lowest BCUT2D eigenvalue weighted by molar-refractivity contribution is -0.385. The lowest BCUT2D eigenvalue weighted by Gasteiger charge is -2.02. The molecule has 1 aromatic heterocycles. The van der Waals surface area contributed by atoms with E-state index in [1.807, 2.05) is 24.3 Å². The second kappa shape index (κ2) is 5.69. The van der Waals surface area contributed by atoms with Crippen LogP contribution in [0, 0.1) is 10.1 Å². The first-order valence-corrected chi connectivity index (χ1v) is 6.79. The predicted molar refractivity (Wildman–Crippen MR) is 74.2 cm³/mol. The quantitative estimate of drug-likeness (QED) is 0.465. The molecule has 0 unspecified atom stereocenters. The Kier molecular flexibility index (Phi) is 4.21. The molecule has 0 radical (unpaired) electrons. The first-order valence-electron chi connectivity index (χ1n) is 4.80. The van der Waals surface area contributed by atoms with Crippen LogP contribution in [0.25, 0.3) is 0 Å². The summed E-state index contributed by atoms with van der Waals surface area (Å²) in [6, 6.07) is 10.2. The number of nitro groups is 1. The van der Waals surface area contributed by atoms with E-state index in [4.69, 9.17) is 11.6 Å². The van der Waals surface area contributed by atoms with Crippen molar-refractivity contribution in [2.24, 2.45) is 0 Å². The molecular formula is C11H6BrClN2O2S. The van der Waals surface area contributed by atoms with Gasteiger partial charge < -0.3 is 0 Å². The highest BCUT2D eigenvalue weighted by atomic mass is 79.9. The van der Waals surface area contributed by atoms with Crippen LogP contribution < -0.4 is 0 Å². The van der Waals surface area contributed by atoms with Crippen LogP contribution in [0.15, 0.2) is 50.8 Å². The molecule has 1 aromatic carbocycles. The smallest absolute Gasteiger partial charge is 0.258 e. The molecule has 0 aliphatic rings. The highest BCUT2D eigenvalue weighted by Crippen LogP contribution is 2.31. The molecule has 0 bridgehead atoms. The zero-order chi connectivity index (χ0) is 13.1. The van der Waals surface area contributed by atoms with E-state index in [1.54, 1.807) is 0 Å². The lowest BCUT2D eigenvalue weighted by atomic mass is 10.4. The molecule has 1 heterocycles. The molecule has 0 amide bonds. The SMILES string of the molecule is O=[N+]([O-])c1cc(Cl)nc(Sc2cccc(Br)c2)c1. The standard InChI is InChI=1S/C11H6BrClN2O2S/c12-7-2-1-3-9(4-7)18-11-6-8(15(16)17)5-10(13)14-11/h1-6H. The minimum atomic E-state index is -0.488. The molecule has 4 nitrogen and oxygen atoms in total. The molecule has 7 heteroatoms. The van der Waals surface area contributed by atoms with Crippen LogP contribution in [-0.4, -0.2) is 9.91 Å². The Morgan fingerprint density at radius 2 is 2.11 bits per heavy atom. The number of hydrogen-bond donors (Lipinski definition) is 0. The molecule has 0 saturated heterocycles. The van der Waals surface area contributed by atoms with Gasteiger partial charge in [-0.1, -0.05) is 45.4 Å². The number of halogens is 2. The fourth-order valence-corrected chi connectivity index (χ4v) is 2.97. The second-order valence-corrected chi connectivity index (χ2v) is 5.70. The van der Waals surface area contributed by atoms with Gasteiger partial charge in [0.15, 0.2) is 0 Å². The molecule has 92 valence electrons. The Balaban J connectivity index is 2.31. The van der Waals surface area contributed by atoms with Gasteiger partial charge in [-0.05, 0) is 18.2 Å². The van der Waals surface area contributed by atoms with Crippen LogP contribution in [0.1, 0.15) is 0 Å². The summed E-state index contributed by atoms with van der Waals surface area (Å²) >= 11 is 10.4. The van der Waals surface area contributed by atoms with E-state index in [0.717, 1.165) is 9.37 Å². The highest BCUT2D eigenvalue weighted by Gasteiger charge is 2.11. The third-order valence-electron chi connectivity index (χ3n) is 1.98. The van der Waals surface area contributed by atoms with Gasteiger partial charge in [-0.15, -0.1) is 0 Å². The third kappa shape index (κ3) is 3.44. The zero-order valence-corrected chi connectivity index (χ0v) is 12.0. The van der Waals surface area contributed by atoms with Crippen molar-refractivity contribution < 1.29 is 4.92 Å². The number of nitrogens with zero attached hydrogens (tertiary/aromatic N) is 2. The van der Waals surface area contributed by atoms with Crippen molar-refractivity contribution in [3.8, 4) is 0 Å². The molecule has 0 atom stereocenters. The van der Waals surface area contributed by atoms with Gasteiger partial charge in [0.25, 0.3) is 5.69 Å². The van der Waals surface area contributed by atoms with Crippen molar-refractivity contribution in [2.75, 3.05) is 0 Å². The van der Waals surface area contributed by atoms with E-state index in [9.17, 15) is 10.1 Å². The predicted octanol–water partition coefficient (Wildman–Crippen LogP) is 4.56. The van der Waals surface area contributed by atoms with Gasteiger partial charge in [-0.2, -0.15) is 0 Å². The lowest BCUT2D eigenvalue weighted by Crippen LogP contribution is -1.90. The molecule has 0 N–H and O–H groups in total. The van der Waals surface area contributed by atoms with Crippen molar-refractivity contribution in [3.05, 3.63) is 56.1 Å². The first kappa shape index (κ1) is 13.3. The summed E-state index contributed by atoms with van der Waals surface area (Å²) in [5.74, 6) is 0. The van der Waals surface area contributed by atoms with Crippen LogP contribution in [0.4, 0.5) is 5.69 Å². The normalized spacial score (nSPS) is 10.3. The van der Waals surface area contributed by atoms with Crippen molar-refractivity contribution in [1.82, 2.24) is 4.98 Å². The van der Waals surface area contributed by atoms with Crippen LogP contribution in [0.2, 0.25) is 5.15 Å². The fraction of sp³-hybridized carbons (Fsp3) is 0. The maximum absolute atomic E-state index is 10.7. The molecule has 0 saturated carbocycles. The van der Waals surface area contributed by atoms with Crippen LogP contribution in [0.3, 0.4) is 0 Å². The minimum absolute atomic E-state index is 0.0625. The number of rotatable bonds is 3. The number of aromatic nitrogens is 1. The molecule has 0 fully saturated rings. The van der Waals surface area contributed by atoms with Crippen LogP contribution in [0.5, 0.6) is 0 Å². The minimum Gasteiger partial charge on any atom is -0.258 e. The maximum atomic E-state index is 10.7. The molecule has 18 heavy (non-hydrogen) atoms. The van der Waals surface area contributed by atoms with Gasteiger partial charge >= 0.3 is 0 Å². The second-order valence-electron chi connectivity index (χ2n) is 3.30. The van der Waals surface area contributed by atoms with Gasteiger partial charge in [0.05, 0.1) is 11.0 Å². The number of hydrogen-bond acceptors (Lipinski definition) is 4. The van der Waals surface area contributed by atoms with Crippen molar-refractivity contribution >= 4 is 45.0 Å². The average molecular weight is 346 g/mol. The summed E-state index contributed by atoms with van der Waals surface area (Å²) in [6.45, 7) is 0. The van der Waals surface area contributed by atoms with Gasteiger partial charge in [0.2, 0.25) is 0 Å². The molecule has 2 rings (SSSR count). The Labute approximate surface area is 121 Å². The molecule has 2 aromatic rings. The van der Waals surface area contributed by atoms with Gasteiger partial charge in [0.1, 0.15) is 10.2 Å². The Bertz CT molecular complexity index is 609.